The van der Waals surface area contributed by atoms with Crippen molar-refractivity contribution in [1.82, 2.24) is 0 Å². The molecule has 3 unspecified atom stereocenters. The monoisotopic (exact) mass is 1490 g/mol. The van der Waals surface area contributed by atoms with Crippen LogP contribution in [-0.4, -0.2) is 96.7 Å². The largest absolute Gasteiger partial charge is 0.472 e. The molecule has 0 bridgehead atoms. The number of phosphoric ester groups is 2. The molecule has 0 spiro atoms. The number of aliphatic hydroxyl groups is 1. The smallest absolute Gasteiger partial charge is 0.462 e. The van der Waals surface area contributed by atoms with Crippen molar-refractivity contribution in [2.75, 3.05) is 39.6 Å². The highest BCUT2D eigenvalue weighted by atomic mass is 31.2. The molecule has 0 rings (SSSR count). The van der Waals surface area contributed by atoms with Crippen molar-refractivity contribution in [3.05, 3.63) is 0 Å². The molecule has 0 aromatic heterocycles. The second-order valence-corrected chi connectivity index (χ2v) is 34.4. The van der Waals surface area contributed by atoms with E-state index >= 15 is 0 Å². The van der Waals surface area contributed by atoms with E-state index in [-0.39, 0.29) is 25.7 Å². The Hall–Kier alpha value is -1.94. The molecule has 19 heteroatoms. The van der Waals surface area contributed by atoms with E-state index in [4.69, 9.17) is 37.0 Å². The van der Waals surface area contributed by atoms with Crippen molar-refractivity contribution in [3.8, 4) is 0 Å². The van der Waals surface area contributed by atoms with E-state index in [1.807, 2.05) is 0 Å². The first-order chi connectivity index (χ1) is 49.1. The third-order valence-electron chi connectivity index (χ3n) is 19.7. The van der Waals surface area contributed by atoms with Crippen LogP contribution < -0.4 is 0 Å². The standard InChI is InChI=1S/C83H162O17P2/c1-9-76(8)62-54-46-37-31-25-19-16-17-21-27-33-39-49-57-65-82(87)99-78(69-93-80(85)63-55-47-38-32-26-20-15-13-11-10-12-14-18-23-29-35-43-51-59-73(2)3)71-97-101(89,90)95-67-77(84)68-96-102(91,92)98-72-79(70-94-81(86)64-56-48-42-41-45-53-61-75(6)7)100-83(88)66-58-50-40-34-28-22-24-30-36-44-52-60-74(4)5/h73-79,84H,9-72H2,1-8H3,(H,89,90)(H,91,92)/t76?,77-,78-,79-/m1/s1. The number of carbonyl (C=O) groups is 4. The Morgan fingerprint density at radius 1 is 0.275 bits per heavy atom. The highest BCUT2D eigenvalue weighted by molar-refractivity contribution is 7.47. The zero-order valence-corrected chi connectivity index (χ0v) is 69.0. The fourth-order valence-electron chi connectivity index (χ4n) is 12.8. The number of esters is 4. The second kappa shape index (κ2) is 72.0. The highest BCUT2D eigenvalue weighted by Crippen LogP contribution is 2.45. The van der Waals surface area contributed by atoms with Crippen LogP contribution >= 0.6 is 15.6 Å². The van der Waals surface area contributed by atoms with Crippen LogP contribution in [0.5, 0.6) is 0 Å². The average molecular weight is 1490 g/mol. The van der Waals surface area contributed by atoms with Gasteiger partial charge < -0.3 is 33.8 Å². The number of rotatable bonds is 80. The average Bonchev–Trinajstić information content (AvgIpc) is 0.916. The van der Waals surface area contributed by atoms with Gasteiger partial charge in [-0.25, -0.2) is 9.13 Å². The first-order valence-corrected chi connectivity index (χ1v) is 45.7. The Morgan fingerprint density at radius 2 is 0.471 bits per heavy atom. The Bertz CT molecular complexity index is 1990. The van der Waals surface area contributed by atoms with Crippen LogP contribution in [0.4, 0.5) is 0 Å². The zero-order valence-electron chi connectivity index (χ0n) is 67.2. The minimum absolute atomic E-state index is 0.105. The van der Waals surface area contributed by atoms with E-state index in [9.17, 15) is 43.2 Å². The van der Waals surface area contributed by atoms with Crippen molar-refractivity contribution >= 4 is 39.5 Å². The van der Waals surface area contributed by atoms with Crippen molar-refractivity contribution in [3.63, 3.8) is 0 Å². The van der Waals surface area contributed by atoms with Crippen molar-refractivity contribution in [1.29, 1.82) is 0 Å². The quantitative estimate of drug-likeness (QED) is 0.0222. The van der Waals surface area contributed by atoms with Gasteiger partial charge in [-0.05, 0) is 49.4 Å². The van der Waals surface area contributed by atoms with Gasteiger partial charge in [-0.1, -0.05) is 376 Å². The van der Waals surface area contributed by atoms with Crippen LogP contribution in [0.2, 0.25) is 0 Å². The molecule has 0 saturated carbocycles. The van der Waals surface area contributed by atoms with E-state index < -0.39 is 97.5 Å². The molecule has 17 nitrogen and oxygen atoms in total. The summed E-state index contributed by atoms with van der Waals surface area (Å²) in [6.45, 7) is 14.3. The van der Waals surface area contributed by atoms with Crippen molar-refractivity contribution in [2.24, 2.45) is 23.7 Å². The van der Waals surface area contributed by atoms with Crippen LogP contribution in [0, 0.1) is 23.7 Å². The van der Waals surface area contributed by atoms with E-state index in [2.05, 4.69) is 55.4 Å². The predicted molar refractivity (Wildman–Crippen MR) is 418 cm³/mol. The molecule has 0 saturated heterocycles. The van der Waals surface area contributed by atoms with E-state index in [1.165, 1.54) is 225 Å². The Kier molecular flexibility index (Phi) is 70.6. The summed E-state index contributed by atoms with van der Waals surface area (Å²) >= 11 is 0. The molecule has 0 radical (unpaired) electrons. The molecule has 0 aromatic carbocycles. The van der Waals surface area contributed by atoms with Gasteiger partial charge in [0.15, 0.2) is 12.2 Å². The fraction of sp³-hybridized carbons (Fsp3) is 0.952. The van der Waals surface area contributed by atoms with Crippen LogP contribution in [0.3, 0.4) is 0 Å². The number of ether oxygens (including phenoxy) is 4. The molecular weight excluding hydrogens is 1330 g/mol. The minimum Gasteiger partial charge on any atom is -0.462 e. The van der Waals surface area contributed by atoms with Crippen molar-refractivity contribution < 1.29 is 80.2 Å². The van der Waals surface area contributed by atoms with Gasteiger partial charge in [-0.2, -0.15) is 0 Å². The third kappa shape index (κ3) is 74.9. The minimum atomic E-state index is -4.96. The van der Waals surface area contributed by atoms with Crippen LogP contribution in [0.1, 0.15) is 428 Å². The maximum Gasteiger partial charge on any atom is 0.472 e. The summed E-state index contributed by atoms with van der Waals surface area (Å²) in [6, 6.07) is 0. The van der Waals surface area contributed by atoms with Gasteiger partial charge in [-0.3, -0.25) is 37.3 Å². The lowest BCUT2D eigenvalue weighted by Gasteiger charge is -2.21. The van der Waals surface area contributed by atoms with E-state index in [0.29, 0.717) is 31.6 Å². The first-order valence-electron chi connectivity index (χ1n) is 42.7. The number of carbonyl (C=O) groups excluding carboxylic acids is 4. The fourth-order valence-corrected chi connectivity index (χ4v) is 14.3. The summed E-state index contributed by atoms with van der Waals surface area (Å²) in [5, 5.41) is 10.6. The molecule has 0 aliphatic rings. The number of aliphatic hydroxyl groups excluding tert-OH is 1. The van der Waals surface area contributed by atoms with Gasteiger partial charge in [0, 0.05) is 25.7 Å². The van der Waals surface area contributed by atoms with Crippen LogP contribution in [0.15, 0.2) is 0 Å². The lowest BCUT2D eigenvalue weighted by molar-refractivity contribution is -0.161. The summed E-state index contributed by atoms with van der Waals surface area (Å²) < 4.78 is 68.7. The van der Waals surface area contributed by atoms with Crippen molar-refractivity contribution in [2.45, 2.75) is 446 Å². The lowest BCUT2D eigenvalue weighted by Crippen LogP contribution is -2.30. The Balaban J connectivity index is 5.21. The molecule has 0 aliphatic carbocycles. The van der Waals surface area contributed by atoms with Crippen LogP contribution in [0.25, 0.3) is 0 Å². The molecule has 0 amide bonds. The summed E-state index contributed by atoms with van der Waals surface area (Å²) in [6.07, 6.45) is 59.9. The molecular formula is C83H162O17P2. The Morgan fingerprint density at radius 3 is 0.696 bits per heavy atom. The zero-order chi connectivity index (χ0) is 75.3. The molecule has 606 valence electrons. The van der Waals surface area contributed by atoms with Gasteiger partial charge >= 0.3 is 39.5 Å². The SMILES string of the molecule is CCC(C)CCCCCCCCCCCCCCCCC(=O)O[C@H](COC(=O)CCCCCCCCCCCCCCCCCCCCC(C)C)COP(=O)(O)OC[C@@H](O)COP(=O)(O)OC[C@@H](COC(=O)CCCCCCCCC(C)C)OC(=O)CCCCCCCCCCCCCC(C)C. The number of hydrogen-bond acceptors (Lipinski definition) is 15. The maximum atomic E-state index is 13.1. The normalized spacial score (nSPS) is 14.3. The summed E-state index contributed by atoms with van der Waals surface area (Å²) in [5.74, 6) is 1.000. The third-order valence-corrected chi connectivity index (χ3v) is 21.6. The predicted octanol–water partition coefficient (Wildman–Crippen LogP) is 24.8. The maximum absolute atomic E-state index is 13.1. The first kappa shape index (κ1) is 100. The molecule has 0 heterocycles. The topological polar surface area (TPSA) is 237 Å². The molecule has 0 fully saturated rings. The molecule has 0 aromatic rings. The number of phosphoric acid groups is 2. The molecule has 0 aliphatic heterocycles. The van der Waals surface area contributed by atoms with Gasteiger partial charge in [-0.15, -0.1) is 0 Å². The lowest BCUT2D eigenvalue weighted by atomic mass is 9.99. The van der Waals surface area contributed by atoms with E-state index in [0.717, 1.165) is 114 Å². The Labute approximate surface area is 626 Å². The van der Waals surface area contributed by atoms with Gasteiger partial charge in [0.25, 0.3) is 0 Å². The highest BCUT2D eigenvalue weighted by Gasteiger charge is 2.30. The molecule has 3 N–H and O–H groups in total. The number of hydrogen-bond donors (Lipinski definition) is 3. The second-order valence-electron chi connectivity index (χ2n) is 31.5. The number of unbranched alkanes of at least 4 members (excludes halogenated alkanes) is 45. The summed E-state index contributed by atoms with van der Waals surface area (Å²) in [4.78, 5) is 73.0. The van der Waals surface area contributed by atoms with Crippen LogP contribution in [-0.2, 0) is 65.4 Å². The summed E-state index contributed by atoms with van der Waals surface area (Å²) in [7, 11) is -9.92. The van der Waals surface area contributed by atoms with E-state index in [1.54, 1.807) is 0 Å². The van der Waals surface area contributed by atoms with Gasteiger partial charge in [0.2, 0.25) is 0 Å². The summed E-state index contributed by atoms with van der Waals surface area (Å²) in [5.41, 5.74) is 0. The van der Waals surface area contributed by atoms with Gasteiger partial charge in [0.1, 0.15) is 19.3 Å². The van der Waals surface area contributed by atoms with Gasteiger partial charge in [0.05, 0.1) is 26.4 Å². The molecule has 102 heavy (non-hydrogen) atoms. The molecule has 6 atom stereocenters.